The average Bonchev–Trinajstić information content (AvgIpc) is 3.84. The number of carbonyl (C=O) groups is 8. The maximum absolute atomic E-state index is 13.8. The van der Waals surface area contributed by atoms with E-state index in [0.29, 0.717) is 45.4 Å². The van der Waals surface area contributed by atoms with Crippen molar-refractivity contribution in [1.29, 1.82) is 0 Å². The number of carbonyl (C=O) groups excluding carboxylic acids is 8. The van der Waals surface area contributed by atoms with Crippen LogP contribution in [0.4, 0.5) is 38.5 Å². The van der Waals surface area contributed by atoms with Gasteiger partial charge in [-0.3, -0.25) is 39.0 Å². The number of halogens is 4. The molecule has 3 aromatic rings. The topological polar surface area (TPSA) is 204 Å². The third-order valence-electron chi connectivity index (χ3n) is 12.1. The van der Waals surface area contributed by atoms with Gasteiger partial charge in [0, 0.05) is 49.4 Å². The van der Waals surface area contributed by atoms with E-state index in [-0.39, 0.29) is 42.4 Å². The summed E-state index contributed by atoms with van der Waals surface area (Å²) in [5, 5.41) is 11.0. The van der Waals surface area contributed by atoms with Gasteiger partial charge in [-0.05, 0) is 80.1 Å². The molecule has 2 fully saturated rings. The van der Waals surface area contributed by atoms with Crippen molar-refractivity contribution in [2.24, 2.45) is 0 Å². The molecule has 2 saturated heterocycles. The summed E-state index contributed by atoms with van der Waals surface area (Å²) in [6.45, 7) is 0.178. The fourth-order valence-electron chi connectivity index (χ4n) is 8.58. The van der Waals surface area contributed by atoms with E-state index in [1.54, 1.807) is 24.3 Å². The van der Waals surface area contributed by atoms with Crippen molar-refractivity contribution >= 4 is 58.9 Å². The van der Waals surface area contributed by atoms with Gasteiger partial charge in [0.25, 0.3) is 17.7 Å². The third-order valence-corrected chi connectivity index (χ3v) is 12.1. The van der Waals surface area contributed by atoms with Crippen LogP contribution in [0.15, 0.2) is 60.7 Å². The number of amides is 9. The van der Waals surface area contributed by atoms with Crippen LogP contribution in [-0.2, 0) is 42.5 Å². The molecule has 344 valence electrons. The zero-order valence-corrected chi connectivity index (χ0v) is 35.4. The first kappa shape index (κ1) is 46.1. The number of benzene rings is 3. The molecule has 20 heteroatoms. The lowest BCUT2D eigenvalue weighted by Gasteiger charge is -2.31. The Balaban J connectivity index is 0.818. The largest absolute Gasteiger partial charge is 0.427 e. The van der Waals surface area contributed by atoms with Crippen molar-refractivity contribution < 1.29 is 60.7 Å². The fraction of sp³-hybridized carbons (Fsp3) is 0.422. The number of anilines is 2. The Hall–Kier alpha value is -6.86. The molecule has 0 saturated carbocycles. The number of rotatable bonds is 17. The molecule has 9 amide bonds. The Morgan fingerprint density at radius 2 is 1.62 bits per heavy atom. The monoisotopic (exact) mass is 905 g/mol. The summed E-state index contributed by atoms with van der Waals surface area (Å²) in [6.07, 6.45) is -0.490. The van der Waals surface area contributed by atoms with Crippen LogP contribution < -0.4 is 21.3 Å². The molecule has 3 aliphatic heterocycles. The lowest BCUT2D eigenvalue weighted by atomic mass is 9.94. The molecule has 0 radical (unpaired) electrons. The van der Waals surface area contributed by atoms with E-state index in [2.05, 4.69) is 21.3 Å². The van der Waals surface area contributed by atoms with Crippen molar-refractivity contribution in [2.45, 2.75) is 102 Å². The summed E-state index contributed by atoms with van der Waals surface area (Å²) in [5.41, 5.74) is 0.713. The zero-order valence-electron chi connectivity index (χ0n) is 35.4. The number of fused-ring (bicyclic) bond motifs is 3. The minimum absolute atomic E-state index is 0.0209. The van der Waals surface area contributed by atoms with Gasteiger partial charge < -0.3 is 25.6 Å². The normalized spacial score (nSPS) is 19.6. The van der Waals surface area contributed by atoms with Crippen LogP contribution >= 0.6 is 0 Å². The van der Waals surface area contributed by atoms with Crippen molar-refractivity contribution in [2.75, 3.05) is 30.3 Å². The highest BCUT2D eigenvalue weighted by molar-refractivity contribution is 6.25. The Morgan fingerprint density at radius 1 is 0.908 bits per heavy atom. The van der Waals surface area contributed by atoms with Gasteiger partial charge in [0.15, 0.2) is 0 Å². The number of ether oxygens (including phenoxy) is 1. The lowest BCUT2D eigenvalue weighted by molar-refractivity contribution is -0.187. The number of nitrogens with one attached hydrogen (secondary N) is 4. The van der Waals surface area contributed by atoms with Crippen molar-refractivity contribution in [3.8, 4) is 0 Å². The molecule has 65 heavy (non-hydrogen) atoms. The number of hydrogen-bond acceptors (Lipinski definition) is 10. The molecule has 3 atom stereocenters. The predicted molar refractivity (Wildman–Crippen MR) is 223 cm³/mol. The minimum Gasteiger partial charge on any atom is -0.427 e. The molecule has 0 aromatic heterocycles. The number of hydrogen-bond donors (Lipinski definition) is 4. The van der Waals surface area contributed by atoms with Crippen LogP contribution in [0.1, 0.15) is 102 Å². The molecule has 0 bridgehead atoms. The van der Waals surface area contributed by atoms with E-state index in [9.17, 15) is 55.9 Å². The van der Waals surface area contributed by atoms with Crippen LogP contribution in [0.25, 0.3) is 0 Å². The summed E-state index contributed by atoms with van der Waals surface area (Å²) >= 11 is 0. The van der Waals surface area contributed by atoms with Crippen LogP contribution in [0.5, 0.6) is 0 Å². The van der Waals surface area contributed by atoms with E-state index < -0.39 is 90.3 Å². The maximum atomic E-state index is 13.8. The standard InChI is InChI=1S/C45H47F4N7O9/c1-26(45(47,48)49)54(24-27-11-13-29(46)14-12-27)36(58)25-55-41(62)44(65-43(55)64)20-19-28-23-30(15-16-32(28)44)52-42(63)51-22-7-5-3-2-4-6-21-50-33-10-8-9-31-37(33)40(61)56(39(31)60)34-17-18-35(57)53-38(34)59/h8-16,23,26,34,50H,2-7,17-22,24-25H2,1H3,(H2,51,52,63)(H,53,57,59)/t26-,34?,44+/m0/s1. The molecule has 4 aliphatic rings. The molecule has 3 aromatic carbocycles. The van der Waals surface area contributed by atoms with Crippen LogP contribution in [0.2, 0.25) is 0 Å². The van der Waals surface area contributed by atoms with E-state index in [1.807, 2.05) is 0 Å². The molecule has 1 spiro atoms. The maximum Gasteiger partial charge on any atom is 0.418 e. The van der Waals surface area contributed by atoms with Crippen LogP contribution in [0, 0.1) is 5.82 Å². The number of urea groups is 1. The third kappa shape index (κ3) is 9.80. The summed E-state index contributed by atoms with van der Waals surface area (Å²) in [7, 11) is 0. The first-order valence-electron chi connectivity index (χ1n) is 21.4. The number of unbranched alkanes of at least 4 members (excludes halogenated alkanes) is 5. The van der Waals surface area contributed by atoms with Gasteiger partial charge in [0.2, 0.25) is 23.3 Å². The summed E-state index contributed by atoms with van der Waals surface area (Å²) in [6, 6.07) is 10.4. The lowest BCUT2D eigenvalue weighted by Crippen LogP contribution is -2.54. The quantitative estimate of drug-likeness (QED) is 0.0718. The summed E-state index contributed by atoms with van der Waals surface area (Å²) in [5.74, 6) is -4.90. The molecule has 7 rings (SSSR count). The molecular formula is C45H47F4N7O9. The van der Waals surface area contributed by atoms with Gasteiger partial charge in [0.1, 0.15) is 24.4 Å². The predicted octanol–water partition coefficient (Wildman–Crippen LogP) is 5.90. The Labute approximate surface area is 370 Å². The van der Waals surface area contributed by atoms with Gasteiger partial charge in [-0.2, -0.15) is 13.2 Å². The highest BCUT2D eigenvalue weighted by atomic mass is 19.4. The molecular weight excluding hydrogens is 859 g/mol. The van der Waals surface area contributed by atoms with Crippen molar-refractivity contribution in [3.05, 3.63) is 94.3 Å². The SMILES string of the molecule is C[C@H](N(Cc1ccc(F)cc1)C(=O)CN1C(=O)O[C@@]2(CCc3cc(NC(=O)NCCCCCCCCNc4cccc5c4C(=O)N(C4CCC(=O)NC4=O)C5=O)ccc32)C1=O)C(F)(F)F. The Morgan fingerprint density at radius 3 is 2.32 bits per heavy atom. The average molecular weight is 906 g/mol. The van der Waals surface area contributed by atoms with Gasteiger partial charge in [0.05, 0.1) is 11.1 Å². The number of aryl methyl sites for hydroxylation is 1. The first-order chi connectivity index (χ1) is 31.0. The smallest absolute Gasteiger partial charge is 0.418 e. The molecule has 3 heterocycles. The highest BCUT2D eigenvalue weighted by Gasteiger charge is 2.59. The number of alkyl halides is 3. The van der Waals surface area contributed by atoms with Gasteiger partial charge in [-0.15, -0.1) is 0 Å². The molecule has 16 nitrogen and oxygen atoms in total. The van der Waals surface area contributed by atoms with E-state index in [0.717, 1.165) is 62.5 Å². The van der Waals surface area contributed by atoms with Crippen molar-refractivity contribution in [3.63, 3.8) is 0 Å². The van der Waals surface area contributed by atoms with E-state index >= 15 is 0 Å². The minimum atomic E-state index is -4.83. The molecule has 1 unspecified atom stereocenters. The molecule has 4 N–H and O–H groups in total. The highest BCUT2D eigenvalue weighted by Crippen LogP contribution is 2.46. The van der Waals surface area contributed by atoms with Gasteiger partial charge in [-0.1, -0.05) is 49.9 Å². The molecule has 1 aliphatic carbocycles. The number of piperidine rings is 1. The van der Waals surface area contributed by atoms with Crippen LogP contribution in [-0.4, -0.2) is 100 Å². The Kier molecular flexibility index (Phi) is 13.5. The summed E-state index contributed by atoms with van der Waals surface area (Å²) in [4.78, 5) is 105. The van der Waals surface area contributed by atoms with Crippen molar-refractivity contribution in [1.82, 2.24) is 25.3 Å². The Bertz CT molecular complexity index is 2410. The zero-order chi connectivity index (χ0) is 46.6. The number of nitrogens with zero attached hydrogens (tertiary/aromatic N) is 3. The van der Waals surface area contributed by atoms with E-state index in [1.165, 1.54) is 24.3 Å². The second kappa shape index (κ2) is 19.1. The fourth-order valence-corrected chi connectivity index (χ4v) is 8.58. The van der Waals surface area contributed by atoms with Gasteiger partial charge in [-0.25, -0.2) is 18.9 Å². The van der Waals surface area contributed by atoms with Crippen LogP contribution in [0.3, 0.4) is 0 Å². The number of imide groups is 3. The second-order valence-electron chi connectivity index (χ2n) is 16.4. The first-order valence-corrected chi connectivity index (χ1v) is 21.4. The van der Waals surface area contributed by atoms with Gasteiger partial charge >= 0.3 is 18.3 Å². The summed E-state index contributed by atoms with van der Waals surface area (Å²) < 4.78 is 60.4. The second-order valence-corrected chi connectivity index (χ2v) is 16.4. The van der Waals surface area contributed by atoms with E-state index in [4.69, 9.17) is 4.74 Å².